The summed E-state index contributed by atoms with van der Waals surface area (Å²) in [4.78, 5) is 26.7. The Kier molecular flexibility index (Phi) is 5.24. The number of carbonyl (C=O) groups excluding carboxylic acids is 1. The molecule has 0 aliphatic heterocycles. The molecule has 0 unspecified atom stereocenters. The summed E-state index contributed by atoms with van der Waals surface area (Å²) in [6.07, 6.45) is 0.351. The summed E-state index contributed by atoms with van der Waals surface area (Å²) in [6, 6.07) is 3.53. The quantitative estimate of drug-likeness (QED) is 0.773. The first-order valence-corrected chi connectivity index (χ1v) is 8.49. The highest BCUT2D eigenvalue weighted by Gasteiger charge is 2.36. The molecule has 2 aromatic heterocycles. The second-order valence-corrected chi connectivity index (χ2v) is 6.36. The van der Waals surface area contributed by atoms with Crippen LogP contribution in [0.1, 0.15) is 24.2 Å². The maximum atomic E-state index is 11.3. The van der Waals surface area contributed by atoms with Gasteiger partial charge in [-0.05, 0) is 31.9 Å². The van der Waals surface area contributed by atoms with Gasteiger partial charge in [-0.1, -0.05) is 5.21 Å². The lowest BCUT2D eigenvalue weighted by molar-refractivity contribution is -0.147. The number of nitrogens with one attached hydrogen (secondary N) is 1. The lowest BCUT2D eigenvalue weighted by atomic mass is 9.82. The summed E-state index contributed by atoms with van der Waals surface area (Å²) < 4.78 is 12.4. The lowest BCUT2D eigenvalue weighted by Crippen LogP contribution is -2.38. The SMILES string of the molecule is CNC(=O)OCc1c(-c2ccc(O[C@H]3C[C@H](C(=O)O)C3)c(C)n2)nnn1C. The largest absolute Gasteiger partial charge is 0.488 e. The number of carboxylic acids is 1. The van der Waals surface area contributed by atoms with E-state index in [-0.39, 0.29) is 18.6 Å². The van der Waals surface area contributed by atoms with Gasteiger partial charge in [0.1, 0.15) is 29.8 Å². The van der Waals surface area contributed by atoms with Crippen molar-refractivity contribution in [3.63, 3.8) is 0 Å². The highest BCUT2D eigenvalue weighted by molar-refractivity contribution is 5.71. The fourth-order valence-corrected chi connectivity index (χ4v) is 2.79. The zero-order valence-electron chi connectivity index (χ0n) is 15.3. The van der Waals surface area contributed by atoms with Crippen LogP contribution in [0.2, 0.25) is 0 Å². The maximum absolute atomic E-state index is 11.3. The molecule has 0 atom stereocenters. The van der Waals surface area contributed by atoms with Crippen molar-refractivity contribution in [3.05, 3.63) is 23.5 Å². The van der Waals surface area contributed by atoms with Gasteiger partial charge in [-0.3, -0.25) is 4.79 Å². The van der Waals surface area contributed by atoms with Crippen LogP contribution in [0.25, 0.3) is 11.4 Å². The second-order valence-electron chi connectivity index (χ2n) is 6.36. The van der Waals surface area contributed by atoms with Crippen LogP contribution in [0.4, 0.5) is 4.79 Å². The molecule has 144 valence electrons. The first kappa shape index (κ1) is 18.6. The van der Waals surface area contributed by atoms with Gasteiger partial charge in [0, 0.05) is 14.1 Å². The molecule has 0 spiro atoms. The number of pyridine rings is 1. The summed E-state index contributed by atoms with van der Waals surface area (Å²) in [5, 5.41) is 19.4. The second kappa shape index (κ2) is 7.60. The molecule has 1 aliphatic carbocycles. The third kappa shape index (κ3) is 3.99. The van der Waals surface area contributed by atoms with Crippen LogP contribution in [0.3, 0.4) is 0 Å². The molecule has 27 heavy (non-hydrogen) atoms. The van der Waals surface area contributed by atoms with Crippen LogP contribution in [-0.4, -0.2) is 50.3 Å². The Morgan fingerprint density at radius 2 is 2.11 bits per heavy atom. The Hall–Kier alpha value is -3.17. The Morgan fingerprint density at radius 3 is 2.74 bits per heavy atom. The van der Waals surface area contributed by atoms with Gasteiger partial charge in [0.25, 0.3) is 0 Å². The molecule has 1 amide bonds. The predicted octanol–water partition coefficient (Wildman–Crippen LogP) is 1.28. The van der Waals surface area contributed by atoms with Crippen molar-refractivity contribution in [1.29, 1.82) is 0 Å². The molecule has 0 aromatic carbocycles. The van der Waals surface area contributed by atoms with Crippen molar-refractivity contribution in [2.24, 2.45) is 13.0 Å². The van der Waals surface area contributed by atoms with Crippen molar-refractivity contribution in [2.45, 2.75) is 32.5 Å². The fraction of sp³-hybridized carbons (Fsp3) is 0.471. The van der Waals surface area contributed by atoms with Crippen molar-refractivity contribution < 1.29 is 24.2 Å². The van der Waals surface area contributed by atoms with Crippen molar-refractivity contribution >= 4 is 12.1 Å². The van der Waals surface area contributed by atoms with E-state index in [4.69, 9.17) is 14.6 Å². The minimum atomic E-state index is -0.783. The summed E-state index contributed by atoms with van der Waals surface area (Å²) in [6.45, 7) is 1.82. The third-order valence-electron chi connectivity index (χ3n) is 4.50. The monoisotopic (exact) mass is 375 g/mol. The molecule has 1 fully saturated rings. The van der Waals surface area contributed by atoms with E-state index in [1.165, 1.54) is 11.7 Å². The molecule has 0 bridgehead atoms. The number of hydrogen-bond acceptors (Lipinski definition) is 7. The number of alkyl carbamates (subject to hydrolysis) is 1. The number of aromatic nitrogens is 4. The number of carbonyl (C=O) groups is 2. The van der Waals surface area contributed by atoms with E-state index in [1.54, 1.807) is 19.2 Å². The Balaban J connectivity index is 1.72. The number of aryl methyl sites for hydroxylation is 2. The predicted molar refractivity (Wildman–Crippen MR) is 93.0 cm³/mol. The number of aliphatic carboxylic acids is 1. The fourth-order valence-electron chi connectivity index (χ4n) is 2.79. The van der Waals surface area contributed by atoms with Gasteiger partial charge >= 0.3 is 12.1 Å². The summed E-state index contributed by atoms with van der Waals surface area (Å²) in [5.74, 6) is -0.501. The van der Waals surface area contributed by atoms with E-state index in [0.29, 0.717) is 41.4 Å². The van der Waals surface area contributed by atoms with Crippen molar-refractivity contribution in [1.82, 2.24) is 25.3 Å². The van der Waals surface area contributed by atoms with Gasteiger partial charge in [0.15, 0.2) is 0 Å². The highest BCUT2D eigenvalue weighted by atomic mass is 16.5. The molecule has 10 heteroatoms. The van der Waals surface area contributed by atoms with Crippen molar-refractivity contribution in [2.75, 3.05) is 7.05 Å². The van der Waals surface area contributed by atoms with Gasteiger partial charge in [-0.2, -0.15) is 0 Å². The smallest absolute Gasteiger partial charge is 0.407 e. The van der Waals surface area contributed by atoms with E-state index in [0.717, 1.165) is 0 Å². The van der Waals surface area contributed by atoms with E-state index in [2.05, 4.69) is 20.6 Å². The number of ether oxygens (including phenoxy) is 2. The Labute approximate surface area is 155 Å². The van der Waals surface area contributed by atoms with Crippen molar-refractivity contribution in [3.8, 4) is 17.1 Å². The molecule has 2 N–H and O–H groups in total. The van der Waals surface area contributed by atoms with Crippen LogP contribution in [-0.2, 0) is 23.2 Å². The zero-order valence-corrected chi connectivity index (χ0v) is 15.3. The molecule has 1 aliphatic rings. The number of rotatable bonds is 6. The van der Waals surface area contributed by atoms with Gasteiger partial charge in [0.05, 0.1) is 17.3 Å². The van der Waals surface area contributed by atoms with Crippen LogP contribution in [0.5, 0.6) is 5.75 Å². The highest BCUT2D eigenvalue weighted by Crippen LogP contribution is 2.33. The normalized spacial score (nSPS) is 18.5. The minimum Gasteiger partial charge on any atom is -0.488 e. The van der Waals surface area contributed by atoms with Gasteiger partial charge in [-0.25, -0.2) is 14.5 Å². The van der Waals surface area contributed by atoms with E-state index in [9.17, 15) is 9.59 Å². The standard InChI is InChI=1S/C17H21N5O5/c1-9-14(27-11-6-10(7-11)16(23)24)5-4-12(19-9)15-13(22(3)21-20-15)8-26-17(25)18-2/h4-5,10-11H,6-8H2,1-3H3,(H,18,25)(H,23,24)/t10-,11-. The maximum Gasteiger partial charge on any atom is 0.407 e. The molecular formula is C17H21N5O5. The lowest BCUT2D eigenvalue weighted by Gasteiger charge is -2.32. The first-order valence-electron chi connectivity index (χ1n) is 8.49. The van der Waals surface area contributed by atoms with Gasteiger partial charge in [-0.15, -0.1) is 5.10 Å². The van der Waals surface area contributed by atoms with Gasteiger partial charge < -0.3 is 19.9 Å². The molecular weight excluding hydrogens is 354 g/mol. The average molecular weight is 375 g/mol. The van der Waals surface area contributed by atoms with Crippen LogP contribution < -0.4 is 10.1 Å². The Morgan fingerprint density at radius 1 is 1.37 bits per heavy atom. The molecule has 1 saturated carbocycles. The summed E-state index contributed by atoms with van der Waals surface area (Å²) in [7, 11) is 3.19. The number of hydrogen-bond donors (Lipinski definition) is 2. The minimum absolute atomic E-state index is 0.0101. The Bertz CT molecular complexity index is 859. The molecule has 0 radical (unpaired) electrons. The summed E-state index contributed by atoms with van der Waals surface area (Å²) >= 11 is 0. The van der Waals surface area contributed by atoms with E-state index >= 15 is 0 Å². The van der Waals surface area contributed by atoms with Crippen LogP contribution in [0.15, 0.2) is 12.1 Å². The number of nitrogens with zero attached hydrogens (tertiary/aromatic N) is 4. The number of amides is 1. The van der Waals surface area contributed by atoms with Gasteiger partial charge in [0.2, 0.25) is 0 Å². The number of carboxylic acid groups (broad SMARTS) is 1. The third-order valence-corrected chi connectivity index (χ3v) is 4.50. The van der Waals surface area contributed by atoms with E-state index < -0.39 is 12.1 Å². The first-order chi connectivity index (χ1) is 12.9. The zero-order chi connectivity index (χ0) is 19.6. The summed E-state index contributed by atoms with van der Waals surface area (Å²) in [5.41, 5.74) is 2.38. The van der Waals surface area contributed by atoms with Crippen LogP contribution in [0, 0.1) is 12.8 Å². The molecule has 2 heterocycles. The molecule has 10 nitrogen and oxygen atoms in total. The van der Waals surface area contributed by atoms with Crippen LogP contribution >= 0.6 is 0 Å². The average Bonchev–Trinajstić information content (AvgIpc) is 2.96. The van der Waals surface area contributed by atoms with E-state index in [1.807, 2.05) is 6.92 Å². The molecule has 0 saturated heterocycles. The molecule has 2 aromatic rings. The topological polar surface area (TPSA) is 128 Å². The molecule has 3 rings (SSSR count).